The molecular weight excluding hydrogens is 1060 g/mol. The summed E-state index contributed by atoms with van der Waals surface area (Å²) < 4.78 is 64.3. The number of hydrogen-bond acceptors (Lipinski definition) is 15. The van der Waals surface area contributed by atoms with E-state index < -0.39 is 31.7 Å². The Morgan fingerprint density at radius 2 is 1.32 bits per heavy atom. The summed E-state index contributed by atoms with van der Waals surface area (Å²) in [6.45, 7) is 6.20. The van der Waals surface area contributed by atoms with Crippen LogP contribution in [0.3, 0.4) is 0 Å². The second-order valence-corrected chi connectivity index (χ2v) is 22.8. The number of nitrogens with two attached hydrogens (primary N) is 2. The Kier molecular flexibility index (Phi) is 24.2. The van der Waals surface area contributed by atoms with Crippen LogP contribution in [0.15, 0.2) is 106 Å². The number of benzene rings is 4. The number of nitrogen functional groups attached to an aromatic ring is 2. The lowest BCUT2D eigenvalue weighted by molar-refractivity contribution is 0.0540. The number of unbranched alkanes of at least 4 members (excludes halogenated alkanes) is 5. The van der Waals surface area contributed by atoms with E-state index in [1.165, 1.54) is 4.57 Å². The van der Waals surface area contributed by atoms with Crippen molar-refractivity contribution in [2.75, 3.05) is 69.1 Å². The third-order valence-corrected chi connectivity index (χ3v) is 14.7. The highest BCUT2D eigenvalue weighted by molar-refractivity contribution is 7.90. The monoisotopic (exact) mass is 1130 g/mol. The Hall–Kier alpha value is -7.39. The third-order valence-electron chi connectivity index (χ3n) is 11.7. The zero-order valence-corrected chi connectivity index (χ0v) is 47.8. The molecule has 0 radical (unpaired) electrons. The maximum Gasteiger partial charge on any atom is 0.421 e. The van der Waals surface area contributed by atoms with Crippen LogP contribution in [0.1, 0.15) is 82.8 Å². The summed E-state index contributed by atoms with van der Waals surface area (Å²) in [5, 5.41) is 14.8. The van der Waals surface area contributed by atoms with Crippen LogP contribution in [0, 0.1) is 12.3 Å². The molecule has 0 spiro atoms. The van der Waals surface area contributed by atoms with E-state index >= 15 is 0 Å². The van der Waals surface area contributed by atoms with Crippen molar-refractivity contribution in [3.8, 4) is 12.3 Å². The van der Waals surface area contributed by atoms with Gasteiger partial charge in [-0.05, 0) is 95.5 Å². The quantitative estimate of drug-likeness (QED) is 0.0132. The summed E-state index contributed by atoms with van der Waals surface area (Å²) >= 11 is 0. The maximum absolute atomic E-state index is 13.0. The van der Waals surface area contributed by atoms with E-state index in [1.807, 2.05) is 107 Å². The number of H-pyrrole nitrogens is 1. The summed E-state index contributed by atoms with van der Waals surface area (Å²) in [4.78, 5) is 30.1. The van der Waals surface area contributed by atoms with Crippen LogP contribution < -0.4 is 30.7 Å². The number of aryl methyl sites for hydroxylation is 3. The van der Waals surface area contributed by atoms with Gasteiger partial charge in [-0.2, -0.15) is 0 Å². The molecule has 0 fully saturated rings. The molecular formula is C53H73ClN16O6S2. The first-order valence-corrected chi connectivity index (χ1v) is 28.2. The molecule has 0 aliphatic carbocycles. The molecule has 4 aromatic carbocycles. The molecule has 7 N–H and O–H groups in total. The molecule has 0 aliphatic heterocycles. The van der Waals surface area contributed by atoms with Gasteiger partial charge in [0.15, 0.2) is 5.95 Å². The molecule has 0 aliphatic rings. The number of nitrogens with zero attached hydrogens (tertiary/aromatic N) is 11. The zero-order chi connectivity index (χ0) is 56.2. The maximum atomic E-state index is 13.0. The molecule has 7 aromatic rings. The van der Waals surface area contributed by atoms with E-state index in [2.05, 4.69) is 50.7 Å². The average Bonchev–Trinajstić information content (AvgIpc) is 4.19. The van der Waals surface area contributed by atoms with E-state index in [0.717, 1.165) is 103 Å². The zero-order valence-electron chi connectivity index (χ0n) is 45.4. The number of azide groups is 1. The molecule has 0 atom stereocenters. The number of halogens is 1. The minimum atomic E-state index is -3.68. The molecule has 0 saturated heterocycles. The first kappa shape index (κ1) is 63.1. The number of terminal acetylenes is 1. The Morgan fingerprint density at radius 3 is 1.86 bits per heavy atom. The van der Waals surface area contributed by atoms with Crippen molar-refractivity contribution in [3.05, 3.63) is 119 Å². The van der Waals surface area contributed by atoms with Crippen molar-refractivity contribution in [3.63, 3.8) is 0 Å². The predicted octanol–water partition coefficient (Wildman–Crippen LogP) is 8.64. The first-order chi connectivity index (χ1) is 36.6. The molecule has 7 rings (SSSR count). The molecule has 3 heterocycles. The normalized spacial score (nSPS) is 11.3. The van der Waals surface area contributed by atoms with Gasteiger partial charge in [0.1, 0.15) is 5.60 Å². The molecule has 25 heteroatoms. The van der Waals surface area contributed by atoms with E-state index in [1.54, 1.807) is 47.4 Å². The third kappa shape index (κ3) is 19.0. The number of rotatable bonds is 23. The van der Waals surface area contributed by atoms with Crippen molar-refractivity contribution >= 4 is 83.4 Å². The van der Waals surface area contributed by atoms with Gasteiger partial charge in [0.05, 0.1) is 33.9 Å². The van der Waals surface area contributed by atoms with Crippen LogP contribution in [0.5, 0.6) is 0 Å². The van der Waals surface area contributed by atoms with Gasteiger partial charge in [-0.1, -0.05) is 71.7 Å². The van der Waals surface area contributed by atoms with Gasteiger partial charge < -0.3 is 31.0 Å². The second kappa shape index (κ2) is 29.9. The molecule has 0 bridgehead atoms. The number of sulfonamides is 2. The molecule has 420 valence electrons. The standard InChI is InChI=1S/C24H32N8O2S.C15H23N3O2.C14H17N5O2S.ClH/c1-31(2)22-12-6-11-21-20(22)10-7-13-23(21)35(33,34)27-14-15-32-17-19(29-30-32)9-5-3-4-8-18-16-26-24(25)28-18;1-5-6-7-8-9-10-12-11-18(13(16)17-12)14(19)20-15(2,3)4;1-19(2)13-7-3-6-12-11(13)5-4-8-14(12)22(20,21)17-10-9-16-18-15;/h6-7,10-13,16-17,27H,3-5,8-9,14-15H2,1-2H3,(H3,25,26,28);1,11H,6-10H2,2-4H3,(H2,16,17);3-8,17H,9-10H2,1-2H3;1H. The van der Waals surface area contributed by atoms with Gasteiger partial charge in [0.2, 0.25) is 26.0 Å². The van der Waals surface area contributed by atoms with Gasteiger partial charge in [0, 0.05) is 110 Å². The highest BCUT2D eigenvalue weighted by atomic mass is 35.5. The van der Waals surface area contributed by atoms with Crippen LogP contribution >= 0.6 is 12.4 Å². The highest BCUT2D eigenvalue weighted by Gasteiger charge is 2.22. The van der Waals surface area contributed by atoms with Crippen LogP contribution in [-0.4, -0.2) is 111 Å². The largest absolute Gasteiger partial charge is 0.443 e. The van der Waals surface area contributed by atoms with Crippen molar-refractivity contribution in [1.82, 2.24) is 44.0 Å². The number of carbonyl (C=O) groups is 1. The summed E-state index contributed by atoms with van der Waals surface area (Å²) in [6.07, 6.45) is 19.5. The van der Waals surface area contributed by atoms with Crippen molar-refractivity contribution < 1.29 is 26.4 Å². The van der Waals surface area contributed by atoms with Crippen LogP contribution in [0.2, 0.25) is 0 Å². The first-order valence-electron chi connectivity index (χ1n) is 25.2. The van der Waals surface area contributed by atoms with Gasteiger partial charge in [-0.15, -0.1) is 29.8 Å². The Bertz CT molecular complexity index is 3380. The summed E-state index contributed by atoms with van der Waals surface area (Å²) in [6, 6.07) is 21.8. The molecule has 0 unspecified atom stereocenters. The van der Waals surface area contributed by atoms with E-state index in [9.17, 15) is 21.6 Å². The summed E-state index contributed by atoms with van der Waals surface area (Å²) in [5.41, 5.74) is 23.7. The molecule has 0 saturated carbocycles. The number of nitrogens with one attached hydrogen (secondary N) is 3. The SMILES string of the molecule is C#CCCCCCc1cn(C(=O)OC(C)(C)C)c(N)n1.CN(C)c1cccc2c(S(=O)(=O)NCCN=[N+]=[N-])cccc12.CN(C)c1cccc2c(S(=O)(=O)NCCn3cc(CCCCCc4cnc(N)[nH]4)nn3)cccc12.Cl. The minimum absolute atomic E-state index is 0. The summed E-state index contributed by atoms with van der Waals surface area (Å²) in [5.74, 6) is 3.23. The van der Waals surface area contributed by atoms with E-state index in [4.69, 9.17) is 28.2 Å². The number of hydrogen-bond donors (Lipinski definition) is 5. The average molecular weight is 1130 g/mol. The molecule has 78 heavy (non-hydrogen) atoms. The number of aromatic nitrogens is 7. The number of fused-ring (bicyclic) bond motifs is 2. The number of ether oxygens (including phenoxy) is 1. The van der Waals surface area contributed by atoms with E-state index in [-0.39, 0.29) is 47.8 Å². The van der Waals surface area contributed by atoms with Crippen LogP contribution in [0.25, 0.3) is 32.0 Å². The Balaban J connectivity index is 0.000000266. The van der Waals surface area contributed by atoms with Gasteiger partial charge in [-0.3, -0.25) is 4.68 Å². The van der Waals surface area contributed by atoms with Crippen molar-refractivity contribution in [2.45, 2.75) is 107 Å². The smallest absolute Gasteiger partial charge is 0.421 e. The number of anilines is 4. The lowest BCUT2D eigenvalue weighted by Gasteiger charge is -2.19. The van der Waals surface area contributed by atoms with Gasteiger partial charge in [0.25, 0.3) is 0 Å². The number of imidazole rings is 2. The Morgan fingerprint density at radius 1 is 0.782 bits per heavy atom. The van der Waals surface area contributed by atoms with Crippen molar-refractivity contribution in [1.29, 1.82) is 0 Å². The molecule has 22 nitrogen and oxygen atoms in total. The van der Waals surface area contributed by atoms with Crippen LogP contribution in [-0.2, 0) is 50.6 Å². The predicted molar refractivity (Wildman–Crippen MR) is 312 cm³/mol. The van der Waals surface area contributed by atoms with Gasteiger partial charge in [-0.25, -0.2) is 45.6 Å². The fraction of sp³-hybridized carbons (Fsp3) is 0.415. The number of carbonyl (C=O) groups excluding carboxylic acids is 1. The summed E-state index contributed by atoms with van der Waals surface area (Å²) in [7, 11) is 0.366. The topological polar surface area (TPSA) is 303 Å². The van der Waals surface area contributed by atoms with Crippen LogP contribution in [0.4, 0.5) is 28.1 Å². The second-order valence-electron chi connectivity index (χ2n) is 19.3. The van der Waals surface area contributed by atoms with Gasteiger partial charge >= 0.3 is 6.09 Å². The van der Waals surface area contributed by atoms with Crippen molar-refractivity contribution in [2.24, 2.45) is 5.11 Å². The molecule has 0 amide bonds. The minimum Gasteiger partial charge on any atom is -0.443 e. The fourth-order valence-electron chi connectivity index (χ4n) is 8.10. The molecule has 3 aromatic heterocycles. The Labute approximate surface area is 463 Å². The number of aromatic amines is 1. The lowest BCUT2D eigenvalue weighted by Crippen LogP contribution is -2.27. The van der Waals surface area contributed by atoms with E-state index in [0.29, 0.717) is 23.3 Å². The fourth-order valence-corrected chi connectivity index (χ4v) is 10.6. The lowest BCUT2D eigenvalue weighted by atomic mass is 10.1. The highest BCUT2D eigenvalue weighted by Crippen LogP contribution is 2.31.